The molecule has 0 saturated carbocycles. The van der Waals surface area contributed by atoms with Crippen LogP contribution in [-0.4, -0.2) is 18.9 Å². The van der Waals surface area contributed by atoms with Crippen molar-refractivity contribution in [2.24, 2.45) is 0 Å². The topological polar surface area (TPSA) is 43.4 Å². The first kappa shape index (κ1) is 16.8. The van der Waals surface area contributed by atoms with Crippen LogP contribution in [0.25, 0.3) is 0 Å². The lowest BCUT2D eigenvalue weighted by Gasteiger charge is -1.82. The summed E-state index contributed by atoms with van der Waals surface area (Å²) in [6, 6.07) is 10.3. The third-order valence-electron chi connectivity index (χ3n) is 1.23. The van der Waals surface area contributed by atoms with Crippen LogP contribution in [-0.2, 0) is 14.3 Å². The molecule has 0 saturated heterocycles. The van der Waals surface area contributed by atoms with Gasteiger partial charge in [-0.1, -0.05) is 35.9 Å². The maximum Gasteiger partial charge on any atom is 0.302 e. The SMILES string of the molecule is CC(C)=O.COC(C)=O.Cc1ccccc1. The molecule has 1 aromatic carbocycles. The van der Waals surface area contributed by atoms with Gasteiger partial charge in [0.2, 0.25) is 0 Å². The highest BCUT2D eigenvalue weighted by Crippen LogP contribution is 1.92. The van der Waals surface area contributed by atoms with E-state index in [1.54, 1.807) is 0 Å². The van der Waals surface area contributed by atoms with Crippen molar-refractivity contribution in [3.05, 3.63) is 35.9 Å². The van der Waals surface area contributed by atoms with E-state index in [9.17, 15) is 9.59 Å². The van der Waals surface area contributed by atoms with E-state index in [0.29, 0.717) is 0 Å². The minimum atomic E-state index is -0.245. The fraction of sp³-hybridized carbons (Fsp3) is 0.385. The van der Waals surface area contributed by atoms with E-state index in [0.717, 1.165) is 0 Å². The summed E-state index contributed by atoms with van der Waals surface area (Å²) in [4.78, 5) is 19.0. The van der Waals surface area contributed by atoms with Crippen LogP contribution >= 0.6 is 0 Å². The zero-order valence-electron chi connectivity index (χ0n) is 10.6. The Kier molecular flexibility index (Phi) is 12.0. The van der Waals surface area contributed by atoms with Crippen LogP contribution in [0.5, 0.6) is 0 Å². The van der Waals surface area contributed by atoms with Crippen molar-refractivity contribution in [3.63, 3.8) is 0 Å². The summed E-state index contributed by atoms with van der Waals surface area (Å²) in [5.41, 5.74) is 1.32. The van der Waals surface area contributed by atoms with E-state index in [4.69, 9.17) is 0 Å². The molecule has 0 atom stereocenters. The number of Topliss-reactive ketones (excluding diaryl/α,β-unsaturated/α-hetero) is 1. The van der Waals surface area contributed by atoms with Crippen molar-refractivity contribution in [2.75, 3.05) is 7.11 Å². The Bertz CT molecular complexity index is 287. The molecular formula is C13H20O3. The summed E-state index contributed by atoms with van der Waals surface area (Å²) in [6.45, 7) is 6.50. The van der Waals surface area contributed by atoms with Crippen LogP contribution in [0.4, 0.5) is 0 Å². The molecule has 0 unspecified atom stereocenters. The van der Waals surface area contributed by atoms with Crippen molar-refractivity contribution in [1.29, 1.82) is 0 Å². The molecule has 0 aliphatic carbocycles. The van der Waals surface area contributed by atoms with Gasteiger partial charge < -0.3 is 9.53 Å². The predicted molar refractivity (Wildman–Crippen MR) is 65.2 cm³/mol. The second kappa shape index (κ2) is 11.4. The largest absolute Gasteiger partial charge is 0.469 e. The summed E-state index contributed by atoms with van der Waals surface area (Å²) >= 11 is 0. The van der Waals surface area contributed by atoms with Crippen molar-refractivity contribution in [1.82, 2.24) is 0 Å². The summed E-state index contributed by atoms with van der Waals surface area (Å²) in [6.07, 6.45) is 0. The molecule has 1 aromatic rings. The van der Waals surface area contributed by atoms with Gasteiger partial charge >= 0.3 is 5.97 Å². The molecule has 3 heteroatoms. The van der Waals surface area contributed by atoms with Crippen LogP contribution < -0.4 is 0 Å². The standard InChI is InChI=1S/C7H8.C3H6O2.C3H6O/c1-7-5-3-2-4-6-7;1-3(4)5-2;1-3(2)4/h2-6H,1H3;1-2H3;1-2H3. The monoisotopic (exact) mass is 224 g/mol. The fourth-order valence-electron chi connectivity index (χ4n) is 0.534. The average Bonchev–Trinajstić information content (AvgIpc) is 2.19. The van der Waals surface area contributed by atoms with Crippen molar-refractivity contribution in [3.8, 4) is 0 Å². The molecule has 0 aliphatic rings. The number of carbonyl (C=O) groups excluding carboxylic acids is 2. The Balaban J connectivity index is 0. The van der Waals surface area contributed by atoms with Gasteiger partial charge in [-0.15, -0.1) is 0 Å². The lowest BCUT2D eigenvalue weighted by Crippen LogP contribution is -1.88. The van der Waals surface area contributed by atoms with Crippen LogP contribution in [0, 0.1) is 6.92 Å². The van der Waals surface area contributed by atoms with E-state index in [2.05, 4.69) is 23.8 Å². The highest BCUT2D eigenvalue weighted by Gasteiger charge is 1.75. The lowest BCUT2D eigenvalue weighted by atomic mass is 10.2. The molecule has 0 radical (unpaired) electrons. The molecule has 90 valence electrons. The number of carbonyl (C=O) groups is 2. The highest BCUT2D eigenvalue weighted by molar-refractivity contribution is 5.72. The highest BCUT2D eigenvalue weighted by atomic mass is 16.5. The van der Waals surface area contributed by atoms with Gasteiger partial charge in [-0.05, 0) is 20.8 Å². The molecule has 0 aromatic heterocycles. The number of rotatable bonds is 0. The Morgan fingerprint density at radius 1 is 1.00 bits per heavy atom. The number of hydrogen-bond donors (Lipinski definition) is 0. The second-order valence-corrected chi connectivity index (χ2v) is 3.26. The molecule has 16 heavy (non-hydrogen) atoms. The number of esters is 1. The summed E-state index contributed by atoms with van der Waals surface area (Å²) in [5.74, 6) is -0.0787. The van der Waals surface area contributed by atoms with Gasteiger partial charge in [-0.2, -0.15) is 0 Å². The molecule has 0 fully saturated rings. The maximum absolute atomic E-state index is 9.59. The normalized spacial score (nSPS) is 7.56. The summed E-state index contributed by atoms with van der Waals surface area (Å²) in [7, 11) is 1.35. The zero-order valence-corrected chi connectivity index (χ0v) is 10.6. The lowest BCUT2D eigenvalue weighted by molar-refractivity contribution is -0.137. The molecule has 0 heterocycles. The number of methoxy groups -OCH3 is 1. The molecular weight excluding hydrogens is 204 g/mol. The van der Waals surface area contributed by atoms with E-state index >= 15 is 0 Å². The van der Waals surface area contributed by atoms with Gasteiger partial charge in [-0.3, -0.25) is 4.79 Å². The first-order valence-electron chi connectivity index (χ1n) is 4.93. The van der Waals surface area contributed by atoms with E-state index < -0.39 is 0 Å². The van der Waals surface area contributed by atoms with Gasteiger partial charge in [0.1, 0.15) is 5.78 Å². The van der Waals surface area contributed by atoms with Gasteiger partial charge in [0, 0.05) is 6.92 Å². The van der Waals surface area contributed by atoms with Crippen LogP contribution in [0.3, 0.4) is 0 Å². The average molecular weight is 224 g/mol. The van der Waals surface area contributed by atoms with E-state index in [1.807, 2.05) is 18.2 Å². The molecule has 0 spiro atoms. The molecule has 0 aliphatic heterocycles. The molecule has 0 amide bonds. The minimum Gasteiger partial charge on any atom is -0.469 e. The quantitative estimate of drug-likeness (QED) is 0.636. The van der Waals surface area contributed by atoms with Gasteiger partial charge in [-0.25, -0.2) is 0 Å². The first-order valence-corrected chi connectivity index (χ1v) is 4.93. The Hall–Kier alpha value is -1.64. The van der Waals surface area contributed by atoms with Gasteiger partial charge in [0.25, 0.3) is 0 Å². The molecule has 1 rings (SSSR count). The second-order valence-electron chi connectivity index (χ2n) is 3.26. The maximum atomic E-state index is 9.59. The minimum absolute atomic E-state index is 0.167. The number of hydrogen-bond acceptors (Lipinski definition) is 3. The third-order valence-corrected chi connectivity index (χ3v) is 1.23. The summed E-state index contributed by atoms with van der Waals surface area (Å²) < 4.78 is 4.11. The number of benzene rings is 1. The number of ketones is 1. The summed E-state index contributed by atoms with van der Waals surface area (Å²) in [5, 5.41) is 0. The zero-order chi connectivity index (χ0) is 13.0. The Labute approximate surface area is 97.4 Å². The molecule has 0 bridgehead atoms. The van der Waals surface area contributed by atoms with Gasteiger partial charge in [0.05, 0.1) is 7.11 Å². The first-order chi connectivity index (χ1) is 7.40. The van der Waals surface area contributed by atoms with E-state index in [-0.39, 0.29) is 11.8 Å². The van der Waals surface area contributed by atoms with Gasteiger partial charge in [0.15, 0.2) is 0 Å². The fourth-order valence-corrected chi connectivity index (χ4v) is 0.534. The molecule has 0 N–H and O–H groups in total. The Morgan fingerprint density at radius 2 is 1.31 bits per heavy atom. The number of aryl methyl sites for hydroxylation is 1. The predicted octanol–water partition coefficient (Wildman–Crippen LogP) is 2.77. The Morgan fingerprint density at radius 3 is 1.44 bits per heavy atom. The molecule has 3 nitrogen and oxygen atoms in total. The van der Waals surface area contributed by atoms with E-state index in [1.165, 1.54) is 33.4 Å². The van der Waals surface area contributed by atoms with Crippen LogP contribution in [0.1, 0.15) is 26.3 Å². The third kappa shape index (κ3) is 22.8. The van der Waals surface area contributed by atoms with Crippen molar-refractivity contribution < 1.29 is 14.3 Å². The van der Waals surface area contributed by atoms with Crippen molar-refractivity contribution >= 4 is 11.8 Å². The van der Waals surface area contributed by atoms with Crippen LogP contribution in [0.15, 0.2) is 30.3 Å². The van der Waals surface area contributed by atoms with Crippen molar-refractivity contribution in [2.45, 2.75) is 27.7 Å². The van der Waals surface area contributed by atoms with Crippen LogP contribution in [0.2, 0.25) is 0 Å². The smallest absolute Gasteiger partial charge is 0.302 e. The number of ether oxygens (including phenoxy) is 1.